The standard InChI is InChI=1S/C11H11BrCl2N2/c12-7-4-5-8(11(14)10(7)13)16-9-3-1-2-6-15-9/h4-5H,1-3,6H2,(H,15,16). The van der Waals surface area contributed by atoms with E-state index in [1.165, 1.54) is 12.8 Å². The molecule has 0 radical (unpaired) electrons. The number of hydrogen-bond donors (Lipinski definition) is 1. The number of aliphatic imine (C=N–C) groups is 1. The highest BCUT2D eigenvalue weighted by Gasteiger charge is 2.11. The first-order chi connectivity index (χ1) is 7.68. The van der Waals surface area contributed by atoms with Gasteiger partial charge in [-0.25, -0.2) is 0 Å². The van der Waals surface area contributed by atoms with Crippen LogP contribution in [0.15, 0.2) is 21.6 Å². The summed E-state index contributed by atoms with van der Waals surface area (Å²) in [5, 5.41) is 4.29. The number of benzene rings is 1. The first kappa shape index (κ1) is 12.2. The third-order valence-corrected chi connectivity index (χ3v) is 4.21. The molecule has 0 bridgehead atoms. The SMILES string of the molecule is Clc1c(Br)ccc(NC2=NCCCC2)c1Cl. The summed E-state index contributed by atoms with van der Waals surface area (Å²) in [5.41, 5.74) is 0.815. The Bertz CT molecular complexity index is 432. The second kappa shape index (κ2) is 5.39. The number of halogens is 3. The van der Waals surface area contributed by atoms with E-state index in [9.17, 15) is 0 Å². The fourth-order valence-electron chi connectivity index (χ4n) is 1.58. The monoisotopic (exact) mass is 320 g/mol. The average molecular weight is 322 g/mol. The van der Waals surface area contributed by atoms with E-state index in [1.54, 1.807) is 0 Å². The Balaban J connectivity index is 2.21. The molecule has 0 aromatic heterocycles. The third-order valence-electron chi connectivity index (χ3n) is 2.44. The maximum Gasteiger partial charge on any atom is 0.101 e. The minimum atomic E-state index is 0.531. The van der Waals surface area contributed by atoms with Crippen LogP contribution in [0.1, 0.15) is 19.3 Å². The molecule has 0 saturated heterocycles. The van der Waals surface area contributed by atoms with Gasteiger partial charge in [0.05, 0.1) is 15.7 Å². The zero-order valence-corrected chi connectivity index (χ0v) is 11.7. The molecular formula is C11H11BrCl2N2. The van der Waals surface area contributed by atoms with Gasteiger partial charge in [-0.3, -0.25) is 4.99 Å². The third kappa shape index (κ3) is 2.70. The molecule has 0 spiro atoms. The number of anilines is 1. The average Bonchev–Trinajstić information content (AvgIpc) is 2.31. The van der Waals surface area contributed by atoms with Crippen LogP contribution in [0, 0.1) is 0 Å². The van der Waals surface area contributed by atoms with Crippen LogP contribution in [0.2, 0.25) is 10.0 Å². The maximum absolute atomic E-state index is 6.14. The molecule has 5 heteroatoms. The lowest BCUT2D eigenvalue weighted by molar-refractivity contribution is 0.737. The number of nitrogens with zero attached hydrogens (tertiary/aromatic N) is 1. The van der Waals surface area contributed by atoms with Crippen LogP contribution in [-0.2, 0) is 0 Å². The van der Waals surface area contributed by atoms with Gasteiger partial charge < -0.3 is 5.32 Å². The molecule has 0 fully saturated rings. The van der Waals surface area contributed by atoms with Crippen LogP contribution in [0.5, 0.6) is 0 Å². The van der Waals surface area contributed by atoms with Gasteiger partial charge in [-0.1, -0.05) is 23.2 Å². The topological polar surface area (TPSA) is 24.4 Å². The van der Waals surface area contributed by atoms with E-state index in [4.69, 9.17) is 23.2 Å². The second-order valence-electron chi connectivity index (χ2n) is 3.63. The second-order valence-corrected chi connectivity index (χ2v) is 5.24. The summed E-state index contributed by atoms with van der Waals surface area (Å²) in [5.74, 6) is 0.992. The van der Waals surface area contributed by atoms with Crippen molar-refractivity contribution in [3.8, 4) is 0 Å². The zero-order chi connectivity index (χ0) is 11.5. The predicted molar refractivity (Wildman–Crippen MR) is 73.9 cm³/mol. The molecule has 0 unspecified atom stereocenters. The van der Waals surface area contributed by atoms with Crippen LogP contribution in [0.3, 0.4) is 0 Å². The van der Waals surface area contributed by atoms with Gasteiger partial charge in [-0.15, -0.1) is 0 Å². The molecule has 86 valence electrons. The minimum Gasteiger partial charge on any atom is -0.343 e. The van der Waals surface area contributed by atoms with Gasteiger partial charge in [-0.05, 0) is 40.9 Å². The summed E-state index contributed by atoms with van der Waals surface area (Å²) in [6.07, 6.45) is 3.32. The Morgan fingerprint density at radius 3 is 2.69 bits per heavy atom. The van der Waals surface area contributed by atoms with E-state index >= 15 is 0 Å². The molecule has 1 aliphatic heterocycles. The number of hydrogen-bond acceptors (Lipinski definition) is 2. The first-order valence-electron chi connectivity index (χ1n) is 5.12. The molecule has 2 nitrogen and oxygen atoms in total. The van der Waals surface area contributed by atoms with Crippen LogP contribution >= 0.6 is 39.1 Å². The van der Waals surface area contributed by atoms with Crippen molar-refractivity contribution in [2.45, 2.75) is 19.3 Å². The fraction of sp³-hybridized carbons (Fsp3) is 0.364. The molecule has 0 aliphatic carbocycles. The van der Waals surface area contributed by atoms with Crippen molar-refractivity contribution >= 4 is 50.7 Å². The lowest BCUT2D eigenvalue weighted by Gasteiger charge is -2.15. The van der Waals surface area contributed by atoms with Gasteiger partial charge in [0.1, 0.15) is 5.84 Å². The smallest absolute Gasteiger partial charge is 0.101 e. The predicted octanol–water partition coefficient (Wildman–Crippen LogP) is 4.75. The van der Waals surface area contributed by atoms with Crippen molar-refractivity contribution in [2.75, 3.05) is 11.9 Å². The van der Waals surface area contributed by atoms with E-state index in [0.717, 1.165) is 29.0 Å². The number of amidine groups is 1. The molecule has 2 rings (SSSR count). The van der Waals surface area contributed by atoms with Crippen LogP contribution in [0.4, 0.5) is 5.69 Å². The van der Waals surface area contributed by atoms with E-state index in [1.807, 2.05) is 12.1 Å². The Hall–Kier alpha value is -0.250. The van der Waals surface area contributed by atoms with Crippen molar-refractivity contribution in [1.82, 2.24) is 0 Å². The summed E-state index contributed by atoms with van der Waals surface area (Å²) in [4.78, 5) is 4.41. The van der Waals surface area contributed by atoms with Crippen molar-refractivity contribution in [3.05, 3.63) is 26.7 Å². The summed E-state index contributed by atoms with van der Waals surface area (Å²) in [6.45, 7) is 0.893. The molecule has 1 aromatic carbocycles. The van der Waals surface area contributed by atoms with Gasteiger partial charge in [0.15, 0.2) is 0 Å². The number of nitrogens with one attached hydrogen (secondary N) is 1. The fourth-order valence-corrected chi connectivity index (χ4v) is 2.40. The van der Waals surface area contributed by atoms with E-state index in [2.05, 4.69) is 26.2 Å². The van der Waals surface area contributed by atoms with Crippen LogP contribution in [0.25, 0.3) is 0 Å². The summed E-state index contributed by atoms with van der Waals surface area (Å²) >= 11 is 15.5. The van der Waals surface area contributed by atoms with Crippen molar-refractivity contribution < 1.29 is 0 Å². The Kier molecular flexibility index (Phi) is 4.11. The van der Waals surface area contributed by atoms with Crippen LogP contribution < -0.4 is 5.32 Å². The zero-order valence-electron chi connectivity index (χ0n) is 8.56. The molecule has 0 atom stereocenters. The summed E-state index contributed by atoms with van der Waals surface area (Å²) < 4.78 is 0.801. The van der Waals surface area contributed by atoms with E-state index in [0.29, 0.717) is 10.0 Å². The molecule has 0 saturated carbocycles. The highest BCUT2D eigenvalue weighted by Crippen LogP contribution is 2.36. The lowest BCUT2D eigenvalue weighted by Crippen LogP contribution is -2.16. The minimum absolute atomic E-state index is 0.531. The Morgan fingerprint density at radius 1 is 1.19 bits per heavy atom. The quantitative estimate of drug-likeness (QED) is 0.742. The molecular weight excluding hydrogens is 311 g/mol. The molecule has 1 N–H and O–H groups in total. The normalized spacial score (nSPS) is 15.8. The van der Waals surface area contributed by atoms with Gasteiger partial charge in [0, 0.05) is 17.4 Å². The van der Waals surface area contributed by atoms with Gasteiger partial charge in [0.2, 0.25) is 0 Å². The van der Waals surface area contributed by atoms with E-state index < -0.39 is 0 Å². The summed E-state index contributed by atoms with van der Waals surface area (Å²) in [7, 11) is 0. The molecule has 16 heavy (non-hydrogen) atoms. The van der Waals surface area contributed by atoms with Crippen LogP contribution in [-0.4, -0.2) is 12.4 Å². The van der Waals surface area contributed by atoms with E-state index in [-0.39, 0.29) is 0 Å². The Morgan fingerprint density at radius 2 is 2.00 bits per heavy atom. The molecule has 1 aliphatic rings. The largest absolute Gasteiger partial charge is 0.343 e. The maximum atomic E-state index is 6.14. The highest BCUT2D eigenvalue weighted by atomic mass is 79.9. The van der Waals surface area contributed by atoms with Crippen molar-refractivity contribution in [3.63, 3.8) is 0 Å². The van der Waals surface area contributed by atoms with Crippen molar-refractivity contribution in [1.29, 1.82) is 0 Å². The summed E-state index contributed by atoms with van der Waals surface area (Å²) in [6, 6.07) is 3.77. The molecule has 0 amide bonds. The number of rotatable bonds is 1. The highest BCUT2D eigenvalue weighted by molar-refractivity contribution is 9.10. The molecule has 1 heterocycles. The van der Waals surface area contributed by atoms with Gasteiger partial charge in [0.25, 0.3) is 0 Å². The van der Waals surface area contributed by atoms with Gasteiger partial charge >= 0.3 is 0 Å². The Labute approximate surface area is 113 Å². The first-order valence-corrected chi connectivity index (χ1v) is 6.67. The van der Waals surface area contributed by atoms with Gasteiger partial charge in [-0.2, -0.15) is 0 Å². The molecule has 1 aromatic rings. The lowest BCUT2D eigenvalue weighted by atomic mass is 10.2. The van der Waals surface area contributed by atoms with Crippen molar-refractivity contribution in [2.24, 2.45) is 4.99 Å².